The molecule has 2 amide bonds. The van der Waals surface area contributed by atoms with Crippen molar-refractivity contribution in [1.82, 2.24) is 10.2 Å². The van der Waals surface area contributed by atoms with E-state index in [1.807, 2.05) is 19.1 Å². The van der Waals surface area contributed by atoms with E-state index in [0.717, 1.165) is 12.0 Å². The summed E-state index contributed by atoms with van der Waals surface area (Å²) in [4.78, 5) is 26.9. The number of amides is 2. The van der Waals surface area contributed by atoms with Gasteiger partial charge < -0.3 is 15.0 Å². The Morgan fingerprint density at radius 1 is 1.17 bits per heavy atom. The van der Waals surface area contributed by atoms with Crippen LogP contribution in [0.15, 0.2) is 46.9 Å². The topological polar surface area (TPSA) is 58.6 Å². The molecule has 2 rings (SSSR count). The first-order valence-corrected chi connectivity index (χ1v) is 10.8. The fraction of sp³-hybridized carbons (Fsp3) is 0.333. The number of benzene rings is 2. The molecule has 29 heavy (non-hydrogen) atoms. The van der Waals surface area contributed by atoms with Gasteiger partial charge in [-0.25, -0.2) is 0 Å². The van der Waals surface area contributed by atoms with Crippen LogP contribution in [-0.2, 0) is 16.1 Å². The number of hydrogen-bond donors (Lipinski definition) is 1. The van der Waals surface area contributed by atoms with Crippen LogP contribution in [0.25, 0.3) is 0 Å². The lowest BCUT2D eigenvalue weighted by Gasteiger charge is -2.29. The van der Waals surface area contributed by atoms with Crippen molar-refractivity contribution in [3.05, 3.63) is 62.5 Å². The Labute approximate surface area is 189 Å². The summed E-state index contributed by atoms with van der Waals surface area (Å²) >= 11 is 15.4. The minimum atomic E-state index is -0.662. The lowest BCUT2D eigenvalue weighted by Crippen LogP contribution is -2.49. The second-order valence-corrected chi connectivity index (χ2v) is 8.21. The Morgan fingerprint density at radius 2 is 1.90 bits per heavy atom. The molecule has 156 valence electrons. The first kappa shape index (κ1) is 23.5. The van der Waals surface area contributed by atoms with E-state index in [1.165, 1.54) is 4.90 Å². The molecule has 0 aromatic heterocycles. The van der Waals surface area contributed by atoms with Crippen molar-refractivity contribution in [2.75, 3.05) is 13.2 Å². The van der Waals surface area contributed by atoms with Gasteiger partial charge in [-0.1, -0.05) is 42.3 Å². The molecule has 0 aliphatic rings. The molecule has 0 spiro atoms. The Kier molecular flexibility index (Phi) is 9.27. The van der Waals surface area contributed by atoms with Gasteiger partial charge in [0, 0.05) is 23.1 Å². The largest absolute Gasteiger partial charge is 0.483 e. The molecule has 0 saturated carbocycles. The SMILES string of the molecule is CCCNC(=O)[C@H](C)N(Cc1cccc(Cl)c1)C(=O)COc1ccc(Cl)cc1Br. The van der Waals surface area contributed by atoms with Crippen LogP contribution in [0, 0.1) is 0 Å². The third-order valence-corrected chi connectivity index (χ3v) is 5.29. The molecule has 2 aromatic rings. The molecule has 1 atom stereocenters. The maximum Gasteiger partial charge on any atom is 0.261 e. The van der Waals surface area contributed by atoms with Gasteiger partial charge in [0.25, 0.3) is 5.91 Å². The highest BCUT2D eigenvalue weighted by Gasteiger charge is 2.26. The van der Waals surface area contributed by atoms with E-state index in [-0.39, 0.29) is 25.0 Å². The summed E-state index contributed by atoms with van der Waals surface area (Å²) in [6, 6.07) is 11.6. The number of nitrogens with one attached hydrogen (secondary N) is 1. The molecule has 0 aliphatic carbocycles. The van der Waals surface area contributed by atoms with Gasteiger partial charge in [0.15, 0.2) is 6.61 Å². The predicted octanol–water partition coefficient (Wildman–Crippen LogP) is 5.08. The summed E-state index contributed by atoms with van der Waals surface area (Å²) in [7, 11) is 0. The highest BCUT2D eigenvalue weighted by Crippen LogP contribution is 2.28. The molecule has 5 nitrogen and oxygen atoms in total. The van der Waals surface area contributed by atoms with Gasteiger partial charge in [-0.15, -0.1) is 0 Å². The van der Waals surface area contributed by atoms with Gasteiger partial charge in [-0.2, -0.15) is 0 Å². The fourth-order valence-electron chi connectivity index (χ4n) is 2.63. The number of ether oxygens (including phenoxy) is 1. The van der Waals surface area contributed by atoms with Gasteiger partial charge in [-0.05, 0) is 65.2 Å². The highest BCUT2D eigenvalue weighted by molar-refractivity contribution is 9.10. The molecule has 0 radical (unpaired) electrons. The van der Waals surface area contributed by atoms with Crippen LogP contribution in [0.3, 0.4) is 0 Å². The first-order chi connectivity index (χ1) is 13.8. The number of carbonyl (C=O) groups excluding carboxylic acids is 2. The molecule has 0 unspecified atom stereocenters. The molecule has 1 N–H and O–H groups in total. The molecule has 8 heteroatoms. The van der Waals surface area contributed by atoms with Crippen LogP contribution in [0.2, 0.25) is 10.0 Å². The van der Waals surface area contributed by atoms with E-state index < -0.39 is 6.04 Å². The van der Waals surface area contributed by atoms with Crippen LogP contribution in [0.5, 0.6) is 5.75 Å². The van der Waals surface area contributed by atoms with E-state index >= 15 is 0 Å². The van der Waals surface area contributed by atoms with Crippen LogP contribution < -0.4 is 10.1 Å². The summed E-state index contributed by atoms with van der Waals surface area (Å²) in [6.45, 7) is 4.25. The zero-order chi connectivity index (χ0) is 21.4. The Bertz CT molecular complexity index is 864. The molecule has 2 aromatic carbocycles. The second kappa shape index (κ2) is 11.4. The average molecular weight is 502 g/mol. The van der Waals surface area contributed by atoms with Crippen molar-refractivity contribution in [3.63, 3.8) is 0 Å². The third-order valence-electron chi connectivity index (χ3n) is 4.20. The first-order valence-electron chi connectivity index (χ1n) is 9.21. The summed E-state index contributed by atoms with van der Waals surface area (Å²) in [5.74, 6) is -0.0329. The van der Waals surface area contributed by atoms with Crippen LogP contribution in [0.4, 0.5) is 0 Å². The molecular weight excluding hydrogens is 479 g/mol. The molecule has 0 bridgehead atoms. The Balaban J connectivity index is 2.15. The van der Waals surface area contributed by atoms with Gasteiger partial charge >= 0.3 is 0 Å². The number of rotatable bonds is 9. The summed E-state index contributed by atoms with van der Waals surface area (Å²) in [6.07, 6.45) is 0.814. The van der Waals surface area contributed by atoms with Crippen LogP contribution in [0.1, 0.15) is 25.8 Å². The standard InChI is InChI=1S/C21H23BrCl2N2O3/c1-3-9-25-21(28)14(2)26(12-15-5-4-6-16(23)10-15)20(27)13-29-19-8-7-17(24)11-18(19)22/h4-8,10-11,14H,3,9,12-13H2,1-2H3,(H,25,28)/t14-/m0/s1. The lowest BCUT2D eigenvalue weighted by molar-refractivity contribution is -0.142. The second-order valence-electron chi connectivity index (χ2n) is 6.48. The van der Waals surface area contributed by atoms with Crippen molar-refractivity contribution in [1.29, 1.82) is 0 Å². The normalized spacial score (nSPS) is 11.6. The highest BCUT2D eigenvalue weighted by atomic mass is 79.9. The predicted molar refractivity (Wildman–Crippen MR) is 119 cm³/mol. The van der Waals surface area contributed by atoms with E-state index in [1.54, 1.807) is 37.3 Å². The van der Waals surface area contributed by atoms with E-state index in [2.05, 4.69) is 21.2 Å². The number of nitrogens with zero attached hydrogens (tertiary/aromatic N) is 1. The van der Waals surface area contributed by atoms with Crippen molar-refractivity contribution >= 4 is 50.9 Å². The number of hydrogen-bond acceptors (Lipinski definition) is 3. The monoisotopic (exact) mass is 500 g/mol. The van der Waals surface area contributed by atoms with Crippen molar-refractivity contribution in [2.45, 2.75) is 32.9 Å². The molecule has 0 aliphatic heterocycles. The maximum atomic E-state index is 13.0. The number of halogens is 3. The summed E-state index contributed by atoms with van der Waals surface area (Å²) in [5, 5.41) is 3.96. The van der Waals surface area contributed by atoms with Gasteiger partial charge in [0.1, 0.15) is 11.8 Å². The minimum Gasteiger partial charge on any atom is -0.483 e. The third kappa shape index (κ3) is 7.21. The van der Waals surface area contributed by atoms with Gasteiger partial charge in [0.2, 0.25) is 5.91 Å². The Morgan fingerprint density at radius 3 is 2.55 bits per heavy atom. The van der Waals surface area contributed by atoms with E-state index in [0.29, 0.717) is 26.8 Å². The molecule has 0 saturated heterocycles. The summed E-state index contributed by atoms with van der Waals surface area (Å²) in [5.41, 5.74) is 0.827. The van der Waals surface area contributed by atoms with Crippen molar-refractivity contribution in [3.8, 4) is 5.75 Å². The van der Waals surface area contributed by atoms with Gasteiger partial charge in [0.05, 0.1) is 4.47 Å². The number of carbonyl (C=O) groups is 2. The lowest BCUT2D eigenvalue weighted by atomic mass is 10.1. The van der Waals surface area contributed by atoms with Crippen molar-refractivity contribution in [2.24, 2.45) is 0 Å². The van der Waals surface area contributed by atoms with E-state index in [4.69, 9.17) is 27.9 Å². The fourth-order valence-corrected chi connectivity index (χ4v) is 3.64. The van der Waals surface area contributed by atoms with E-state index in [9.17, 15) is 9.59 Å². The van der Waals surface area contributed by atoms with Crippen LogP contribution in [-0.4, -0.2) is 35.9 Å². The quantitative estimate of drug-likeness (QED) is 0.521. The zero-order valence-electron chi connectivity index (χ0n) is 16.3. The Hall–Kier alpha value is -1.76. The van der Waals surface area contributed by atoms with Crippen molar-refractivity contribution < 1.29 is 14.3 Å². The molecule has 0 heterocycles. The minimum absolute atomic E-state index is 0.213. The van der Waals surface area contributed by atoms with Gasteiger partial charge in [-0.3, -0.25) is 9.59 Å². The summed E-state index contributed by atoms with van der Waals surface area (Å²) < 4.78 is 6.30. The van der Waals surface area contributed by atoms with Crippen LogP contribution >= 0.6 is 39.1 Å². The molecule has 0 fully saturated rings. The maximum absolute atomic E-state index is 13.0. The average Bonchev–Trinajstić information content (AvgIpc) is 2.69. The smallest absolute Gasteiger partial charge is 0.261 e. The zero-order valence-corrected chi connectivity index (χ0v) is 19.4. The molecular formula is C21H23BrCl2N2O3.